The molecule has 1 heterocycles. The number of aliphatic imine (C=N–C) groups is 1. The van der Waals surface area contributed by atoms with Gasteiger partial charge in [-0.1, -0.05) is 59.2 Å². The fourth-order valence-corrected chi connectivity index (χ4v) is 4.86. The molecule has 122 valence electrons. The zero-order valence-electron chi connectivity index (χ0n) is 14.7. The van der Waals surface area contributed by atoms with Crippen molar-refractivity contribution in [2.24, 2.45) is 21.7 Å². The molecule has 0 amide bonds. The average Bonchev–Trinajstić information content (AvgIpc) is 2.84. The van der Waals surface area contributed by atoms with E-state index in [-0.39, 0.29) is 0 Å². The molecule has 21 heavy (non-hydrogen) atoms. The van der Waals surface area contributed by atoms with Crippen LogP contribution in [-0.2, 0) is 0 Å². The van der Waals surface area contributed by atoms with Crippen LogP contribution in [0.2, 0.25) is 0 Å². The predicted octanol–water partition coefficient (Wildman–Crippen LogP) is 5.09. The normalized spacial score (nSPS) is 28.1. The Morgan fingerprint density at radius 1 is 1.29 bits per heavy atom. The van der Waals surface area contributed by atoms with Crippen LogP contribution >= 0.6 is 11.8 Å². The number of nitrogens with one attached hydrogen (secondary N) is 1. The Hall–Kier alpha value is -0.180. The van der Waals surface area contributed by atoms with Gasteiger partial charge in [0.25, 0.3) is 0 Å². The first kappa shape index (κ1) is 17.2. The lowest BCUT2D eigenvalue weighted by atomic mass is 9.78. The van der Waals surface area contributed by atoms with Gasteiger partial charge < -0.3 is 5.32 Å². The summed E-state index contributed by atoms with van der Waals surface area (Å²) in [5.74, 6) is 2.00. The Morgan fingerprint density at radius 2 is 1.95 bits per heavy atom. The summed E-state index contributed by atoms with van der Waals surface area (Å²) < 4.78 is 0. The molecule has 1 saturated carbocycles. The van der Waals surface area contributed by atoms with E-state index in [1.54, 1.807) is 0 Å². The number of amidine groups is 1. The quantitative estimate of drug-likeness (QED) is 0.782. The lowest BCUT2D eigenvalue weighted by Crippen LogP contribution is -2.46. The average molecular weight is 311 g/mol. The molecule has 0 aromatic heterocycles. The summed E-state index contributed by atoms with van der Waals surface area (Å²) in [4.78, 5) is 5.02. The maximum atomic E-state index is 5.02. The highest BCUT2D eigenvalue weighted by molar-refractivity contribution is 8.13. The summed E-state index contributed by atoms with van der Waals surface area (Å²) >= 11 is 1.92. The Morgan fingerprint density at radius 3 is 2.52 bits per heavy atom. The Balaban J connectivity index is 1.98. The van der Waals surface area contributed by atoms with Crippen LogP contribution in [0, 0.1) is 16.7 Å². The fourth-order valence-electron chi connectivity index (χ4n) is 3.93. The maximum absolute atomic E-state index is 5.02. The van der Waals surface area contributed by atoms with Crippen molar-refractivity contribution in [3.63, 3.8) is 0 Å². The summed E-state index contributed by atoms with van der Waals surface area (Å²) in [5.41, 5.74) is 0.822. The zero-order valence-corrected chi connectivity index (χ0v) is 15.5. The van der Waals surface area contributed by atoms with Crippen molar-refractivity contribution in [2.75, 3.05) is 12.3 Å². The predicted molar refractivity (Wildman–Crippen MR) is 96.1 cm³/mol. The topological polar surface area (TPSA) is 24.4 Å². The molecule has 0 aromatic rings. The van der Waals surface area contributed by atoms with E-state index < -0.39 is 0 Å². The first-order valence-electron chi connectivity index (χ1n) is 8.75. The van der Waals surface area contributed by atoms with Gasteiger partial charge >= 0.3 is 0 Å². The van der Waals surface area contributed by atoms with Crippen LogP contribution in [0.4, 0.5) is 0 Å². The fraction of sp³-hybridized carbons (Fsp3) is 0.944. The second-order valence-corrected chi connectivity index (χ2v) is 9.71. The molecule has 2 nitrogen and oxygen atoms in total. The molecule has 2 fully saturated rings. The molecule has 0 spiro atoms. The molecule has 2 aliphatic rings. The third-order valence-corrected chi connectivity index (χ3v) is 6.01. The van der Waals surface area contributed by atoms with E-state index in [0.717, 1.165) is 12.5 Å². The molecule has 1 aliphatic carbocycles. The van der Waals surface area contributed by atoms with Gasteiger partial charge in [0.05, 0.1) is 0 Å². The van der Waals surface area contributed by atoms with Gasteiger partial charge in [-0.25, -0.2) is 0 Å². The van der Waals surface area contributed by atoms with Gasteiger partial charge in [-0.2, -0.15) is 0 Å². The SMILES string of the molecule is CC(C)CC1(CN=C2NC(C(C)(C)C)CCS2)CCCC1. The number of hydrogen-bond donors (Lipinski definition) is 1. The standard InChI is InChI=1S/C18H34N2S/c1-14(2)12-18(9-6-7-10-18)13-19-16-20-15(8-11-21-16)17(3,4)5/h14-15H,6-13H2,1-5H3,(H,19,20). The summed E-state index contributed by atoms with van der Waals surface area (Å²) in [5, 5.41) is 4.91. The van der Waals surface area contributed by atoms with Gasteiger partial charge in [-0.15, -0.1) is 0 Å². The third-order valence-electron chi connectivity index (χ3n) is 5.05. The highest BCUT2D eigenvalue weighted by atomic mass is 32.2. The smallest absolute Gasteiger partial charge is 0.156 e. The first-order valence-corrected chi connectivity index (χ1v) is 9.73. The lowest BCUT2D eigenvalue weighted by molar-refractivity contribution is 0.244. The number of rotatable bonds is 4. The lowest BCUT2D eigenvalue weighted by Gasteiger charge is -2.36. The Kier molecular flexibility index (Phi) is 5.67. The molecule has 1 aliphatic heterocycles. The van der Waals surface area contributed by atoms with E-state index in [0.29, 0.717) is 16.9 Å². The highest BCUT2D eigenvalue weighted by Crippen LogP contribution is 2.43. The molecular weight excluding hydrogens is 276 g/mol. The van der Waals surface area contributed by atoms with Gasteiger partial charge in [-0.05, 0) is 42.4 Å². The van der Waals surface area contributed by atoms with Crippen molar-refractivity contribution >= 4 is 16.9 Å². The van der Waals surface area contributed by atoms with Crippen molar-refractivity contribution in [2.45, 2.75) is 79.2 Å². The molecule has 1 atom stereocenters. The van der Waals surface area contributed by atoms with Crippen LogP contribution in [0.5, 0.6) is 0 Å². The van der Waals surface area contributed by atoms with Gasteiger partial charge in [0, 0.05) is 18.3 Å². The van der Waals surface area contributed by atoms with Gasteiger partial charge in [0.15, 0.2) is 5.17 Å². The third kappa shape index (κ3) is 4.91. The number of thioether (sulfide) groups is 1. The minimum atomic E-state index is 0.324. The highest BCUT2D eigenvalue weighted by Gasteiger charge is 2.35. The van der Waals surface area contributed by atoms with Crippen molar-refractivity contribution in [3.05, 3.63) is 0 Å². The van der Waals surface area contributed by atoms with Crippen molar-refractivity contribution < 1.29 is 0 Å². The monoisotopic (exact) mass is 310 g/mol. The Bertz CT molecular complexity index is 362. The summed E-state index contributed by atoms with van der Waals surface area (Å²) in [6.45, 7) is 12.7. The van der Waals surface area contributed by atoms with Crippen molar-refractivity contribution in [1.82, 2.24) is 5.32 Å². The molecule has 0 bridgehead atoms. The van der Waals surface area contributed by atoms with E-state index >= 15 is 0 Å². The van der Waals surface area contributed by atoms with Gasteiger partial charge in [0.2, 0.25) is 0 Å². The minimum absolute atomic E-state index is 0.324. The molecule has 1 saturated heterocycles. The van der Waals surface area contributed by atoms with E-state index in [4.69, 9.17) is 4.99 Å². The summed E-state index contributed by atoms with van der Waals surface area (Å²) in [7, 11) is 0. The summed E-state index contributed by atoms with van der Waals surface area (Å²) in [6.07, 6.45) is 8.18. The van der Waals surface area contributed by atoms with Gasteiger partial charge in [-0.3, -0.25) is 4.99 Å². The molecular formula is C18H34N2S. The van der Waals surface area contributed by atoms with Crippen LogP contribution in [0.1, 0.15) is 73.1 Å². The van der Waals surface area contributed by atoms with Crippen LogP contribution in [0.15, 0.2) is 4.99 Å². The zero-order chi connectivity index (χ0) is 15.5. The first-order chi connectivity index (χ1) is 9.81. The number of nitrogens with zero attached hydrogens (tertiary/aromatic N) is 1. The molecule has 0 aromatic carbocycles. The minimum Gasteiger partial charge on any atom is -0.362 e. The summed E-state index contributed by atoms with van der Waals surface area (Å²) in [6, 6.07) is 0.571. The van der Waals surface area contributed by atoms with E-state index in [9.17, 15) is 0 Å². The van der Waals surface area contributed by atoms with Crippen molar-refractivity contribution in [1.29, 1.82) is 0 Å². The van der Waals surface area contributed by atoms with Crippen LogP contribution in [0.25, 0.3) is 0 Å². The molecule has 0 radical (unpaired) electrons. The van der Waals surface area contributed by atoms with Gasteiger partial charge in [0.1, 0.15) is 0 Å². The molecule has 2 rings (SSSR count). The second-order valence-electron chi connectivity index (χ2n) is 8.63. The molecule has 1 unspecified atom stereocenters. The van der Waals surface area contributed by atoms with E-state index in [1.165, 1.54) is 49.4 Å². The largest absolute Gasteiger partial charge is 0.362 e. The van der Waals surface area contributed by atoms with Crippen LogP contribution < -0.4 is 5.32 Å². The number of hydrogen-bond acceptors (Lipinski definition) is 2. The van der Waals surface area contributed by atoms with Crippen LogP contribution in [0.3, 0.4) is 0 Å². The maximum Gasteiger partial charge on any atom is 0.156 e. The van der Waals surface area contributed by atoms with Crippen molar-refractivity contribution in [3.8, 4) is 0 Å². The van der Waals surface area contributed by atoms with Crippen LogP contribution in [-0.4, -0.2) is 23.5 Å². The van der Waals surface area contributed by atoms with E-state index in [2.05, 4.69) is 39.9 Å². The van der Waals surface area contributed by atoms with E-state index in [1.807, 2.05) is 11.8 Å². The Labute approximate surface area is 135 Å². The second kappa shape index (κ2) is 6.93. The molecule has 1 N–H and O–H groups in total. The molecule has 3 heteroatoms.